The molecule has 2 N–H and O–H groups in total. The number of nitrogen functional groups attached to an aromatic ring is 1. The highest BCUT2D eigenvalue weighted by Crippen LogP contribution is 2.14. The predicted octanol–water partition coefficient (Wildman–Crippen LogP) is 0.839. The van der Waals surface area contributed by atoms with E-state index >= 15 is 0 Å². The summed E-state index contributed by atoms with van der Waals surface area (Å²) in [6, 6.07) is 3.90. The Morgan fingerprint density at radius 3 is 2.62 bits per heavy atom. The monoisotopic (exact) mass is 294 g/mol. The summed E-state index contributed by atoms with van der Waals surface area (Å²) in [6.07, 6.45) is 2.79. The van der Waals surface area contributed by atoms with Crippen LogP contribution in [0.25, 0.3) is 0 Å². The summed E-state index contributed by atoms with van der Waals surface area (Å²) in [4.78, 5) is 9.17. The van der Waals surface area contributed by atoms with Crippen LogP contribution in [0.1, 0.15) is 6.42 Å². The average Bonchev–Trinajstić information content (AvgIpc) is 2.52. The molecule has 2 heterocycles. The molecule has 21 heavy (non-hydrogen) atoms. The molecule has 1 aliphatic heterocycles. The molecule has 0 aliphatic carbocycles. The molecule has 1 saturated heterocycles. The summed E-state index contributed by atoms with van der Waals surface area (Å²) in [5.41, 5.74) is 6.38. The van der Waals surface area contributed by atoms with E-state index in [0.717, 1.165) is 51.6 Å². The number of pyridine rings is 1. The Balaban J connectivity index is 1.61. The first-order valence-corrected chi connectivity index (χ1v) is 7.55. The zero-order chi connectivity index (χ0) is 14.9. The van der Waals surface area contributed by atoms with Gasteiger partial charge in [0, 0.05) is 46.4 Å². The quantitative estimate of drug-likeness (QED) is 0.717. The molecule has 0 atom stereocenters. The van der Waals surface area contributed by atoms with Crippen molar-refractivity contribution in [3.63, 3.8) is 0 Å². The molecule has 1 aliphatic rings. The van der Waals surface area contributed by atoms with Crippen molar-refractivity contribution in [3.8, 4) is 0 Å². The van der Waals surface area contributed by atoms with Crippen molar-refractivity contribution in [2.24, 2.45) is 0 Å². The van der Waals surface area contributed by atoms with E-state index in [9.17, 15) is 0 Å². The Bertz CT molecular complexity index is 391. The van der Waals surface area contributed by atoms with Gasteiger partial charge in [-0.1, -0.05) is 0 Å². The van der Waals surface area contributed by atoms with Gasteiger partial charge < -0.3 is 20.1 Å². The smallest absolute Gasteiger partial charge is 0.128 e. The number of aromatic nitrogens is 1. The molecule has 0 spiro atoms. The van der Waals surface area contributed by atoms with E-state index in [1.807, 2.05) is 12.1 Å². The molecule has 0 radical (unpaired) electrons. The number of methoxy groups -OCH3 is 1. The van der Waals surface area contributed by atoms with Crippen LogP contribution in [0.2, 0.25) is 0 Å². The van der Waals surface area contributed by atoms with E-state index in [1.165, 1.54) is 0 Å². The van der Waals surface area contributed by atoms with Gasteiger partial charge in [0.2, 0.25) is 0 Å². The molecular formula is C15H26N4O2. The van der Waals surface area contributed by atoms with Gasteiger partial charge in [0.1, 0.15) is 5.82 Å². The zero-order valence-corrected chi connectivity index (χ0v) is 12.8. The van der Waals surface area contributed by atoms with Crippen LogP contribution in [-0.2, 0) is 9.47 Å². The average molecular weight is 294 g/mol. The van der Waals surface area contributed by atoms with Gasteiger partial charge in [0.15, 0.2) is 0 Å². The van der Waals surface area contributed by atoms with Crippen molar-refractivity contribution >= 4 is 11.5 Å². The first-order valence-electron chi connectivity index (χ1n) is 7.55. The Labute approximate surface area is 126 Å². The van der Waals surface area contributed by atoms with Crippen molar-refractivity contribution in [2.75, 3.05) is 70.3 Å². The number of nitrogens with zero attached hydrogens (tertiary/aromatic N) is 3. The number of ether oxygens (including phenoxy) is 2. The highest BCUT2D eigenvalue weighted by atomic mass is 16.5. The van der Waals surface area contributed by atoms with Gasteiger partial charge in [-0.2, -0.15) is 0 Å². The van der Waals surface area contributed by atoms with Gasteiger partial charge in [-0.15, -0.1) is 0 Å². The molecule has 0 amide bonds. The fraction of sp³-hybridized carbons (Fsp3) is 0.667. The van der Waals surface area contributed by atoms with Gasteiger partial charge in [-0.3, -0.25) is 4.90 Å². The molecular weight excluding hydrogens is 268 g/mol. The fourth-order valence-electron chi connectivity index (χ4n) is 2.42. The summed E-state index contributed by atoms with van der Waals surface area (Å²) < 4.78 is 10.4. The fourth-order valence-corrected chi connectivity index (χ4v) is 2.42. The van der Waals surface area contributed by atoms with Gasteiger partial charge in [-0.05, 0) is 18.6 Å². The SMILES string of the molecule is COCCOCCCN1CCN(c2ccc(N)cn2)CC1. The van der Waals surface area contributed by atoms with Crippen LogP contribution >= 0.6 is 0 Å². The van der Waals surface area contributed by atoms with Crippen molar-refractivity contribution in [3.05, 3.63) is 18.3 Å². The molecule has 0 bridgehead atoms. The number of nitrogens with two attached hydrogens (primary N) is 1. The molecule has 2 rings (SSSR count). The molecule has 0 saturated carbocycles. The topological polar surface area (TPSA) is 63.9 Å². The van der Waals surface area contributed by atoms with Gasteiger partial charge in [0.05, 0.1) is 25.1 Å². The van der Waals surface area contributed by atoms with E-state index < -0.39 is 0 Å². The van der Waals surface area contributed by atoms with Crippen LogP contribution in [0.15, 0.2) is 18.3 Å². The summed E-state index contributed by atoms with van der Waals surface area (Å²) in [5.74, 6) is 1.02. The number of hydrogen-bond donors (Lipinski definition) is 1. The number of hydrogen-bond acceptors (Lipinski definition) is 6. The van der Waals surface area contributed by atoms with Crippen LogP contribution < -0.4 is 10.6 Å². The van der Waals surface area contributed by atoms with Crippen LogP contribution in [0.4, 0.5) is 11.5 Å². The van der Waals surface area contributed by atoms with E-state index in [4.69, 9.17) is 15.2 Å². The summed E-state index contributed by atoms with van der Waals surface area (Å²) in [7, 11) is 1.69. The van der Waals surface area contributed by atoms with E-state index in [1.54, 1.807) is 13.3 Å². The second kappa shape index (κ2) is 8.81. The lowest BCUT2D eigenvalue weighted by atomic mass is 10.3. The maximum absolute atomic E-state index is 5.67. The molecule has 1 fully saturated rings. The molecule has 6 nitrogen and oxygen atoms in total. The summed E-state index contributed by atoms with van der Waals surface area (Å²) >= 11 is 0. The zero-order valence-electron chi connectivity index (χ0n) is 12.8. The third-order valence-electron chi connectivity index (χ3n) is 3.66. The van der Waals surface area contributed by atoms with E-state index in [0.29, 0.717) is 18.9 Å². The van der Waals surface area contributed by atoms with E-state index in [-0.39, 0.29) is 0 Å². The Morgan fingerprint density at radius 2 is 1.95 bits per heavy atom. The van der Waals surface area contributed by atoms with Gasteiger partial charge in [0.25, 0.3) is 0 Å². The summed E-state index contributed by atoms with van der Waals surface area (Å²) in [6.45, 7) is 7.44. The predicted molar refractivity (Wildman–Crippen MR) is 84.6 cm³/mol. The minimum Gasteiger partial charge on any atom is -0.397 e. The highest BCUT2D eigenvalue weighted by molar-refractivity contribution is 5.46. The van der Waals surface area contributed by atoms with Gasteiger partial charge in [-0.25, -0.2) is 4.98 Å². The van der Waals surface area contributed by atoms with Crippen molar-refractivity contribution in [2.45, 2.75) is 6.42 Å². The van der Waals surface area contributed by atoms with Crippen LogP contribution in [0.5, 0.6) is 0 Å². The molecule has 6 heteroatoms. The second-order valence-electron chi connectivity index (χ2n) is 5.24. The largest absolute Gasteiger partial charge is 0.397 e. The van der Waals surface area contributed by atoms with Crippen molar-refractivity contribution in [1.82, 2.24) is 9.88 Å². The lowest BCUT2D eigenvalue weighted by Gasteiger charge is -2.35. The maximum atomic E-state index is 5.67. The van der Waals surface area contributed by atoms with Crippen molar-refractivity contribution < 1.29 is 9.47 Å². The first-order chi connectivity index (χ1) is 10.3. The highest BCUT2D eigenvalue weighted by Gasteiger charge is 2.17. The van der Waals surface area contributed by atoms with Crippen LogP contribution in [-0.4, -0.2) is 69.5 Å². The Hall–Kier alpha value is -1.37. The normalized spacial score (nSPS) is 16.3. The van der Waals surface area contributed by atoms with Crippen molar-refractivity contribution in [1.29, 1.82) is 0 Å². The van der Waals surface area contributed by atoms with Crippen LogP contribution in [0, 0.1) is 0 Å². The third kappa shape index (κ3) is 5.49. The minimum absolute atomic E-state index is 0.674. The van der Waals surface area contributed by atoms with E-state index in [2.05, 4.69) is 14.8 Å². The molecule has 1 aromatic rings. The van der Waals surface area contributed by atoms with Gasteiger partial charge >= 0.3 is 0 Å². The lowest BCUT2D eigenvalue weighted by molar-refractivity contribution is 0.0649. The molecule has 1 aromatic heterocycles. The number of rotatable bonds is 8. The number of anilines is 2. The third-order valence-corrected chi connectivity index (χ3v) is 3.66. The standard InChI is InChI=1S/C15H26N4O2/c1-20-11-12-21-10-2-5-18-6-8-19(9-7-18)15-4-3-14(16)13-17-15/h3-4,13H,2,5-12,16H2,1H3. The molecule has 118 valence electrons. The number of piperazine rings is 1. The minimum atomic E-state index is 0.674. The Kier molecular flexibility index (Phi) is 6.72. The maximum Gasteiger partial charge on any atom is 0.128 e. The summed E-state index contributed by atoms with van der Waals surface area (Å²) in [5, 5.41) is 0. The Morgan fingerprint density at radius 1 is 1.14 bits per heavy atom. The van der Waals surface area contributed by atoms with Crippen LogP contribution in [0.3, 0.4) is 0 Å². The first kappa shape index (κ1) is 16.0. The lowest BCUT2D eigenvalue weighted by Crippen LogP contribution is -2.47. The second-order valence-corrected chi connectivity index (χ2v) is 5.24. The molecule has 0 unspecified atom stereocenters. The molecule has 0 aromatic carbocycles.